The minimum absolute atomic E-state index is 0.219. The molecule has 1 heterocycles. The summed E-state index contributed by atoms with van der Waals surface area (Å²) in [4.78, 5) is 40.3. The summed E-state index contributed by atoms with van der Waals surface area (Å²) in [5.74, 6) is 0.166. The van der Waals surface area contributed by atoms with Gasteiger partial charge in [-0.3, -0.25) is 4.79 Å². The molecule has 216 valence electrons. The maximum atomic E-state index is 13.1. The number of esters is 1. The van der Waals surface area contributed by atoms with Crippen molar-refractivity contribution in [2.45, 2.75) is 65.0 Å². The highest BCUT2D eigenvalue weighted by atomic mass is 16.6. The van der Waals surface area contributed by atoms with E-state index in [0.29, 0.717) is 41.6 Å². The average Bonchev–Trinajstić information content (AvgIpc) is 3.43. The minimum Gasteiger partial charge on any atom is -0.496 e. The number of ether oxygens (including phenoxy) is 2. The molecule has 0 bridgehead atoms. The molecule has 1 aliphatic rings. The van der Waals surface area contributed by atoms with Crippen LogP contribution in [-0.4, -0.2) is 48.1 Å². The molecule has 3 amide bonds. The van der Waals surface area contributed by atoms with Crippen molar-refractivity contribution in [3.63, 3.8) is 0 Å². The van der Waals surface area contributed by atoms with Crippen molar-refractivity contribution in [2.24, 2.45) is 0 Å². The van der Waals surface area contributed by atoms with Gasteiger partial charge in [-0.15, -0.1) is 0 Å². The fourth-order valence-electron chi connectivity index (χ4n) is 4.77. The van der Waals surface area contributed by atoms with Crippen LogP contribution in [0.1, 0.15) is 69.3 Å². The number of urea groups is 1. The van der Waals surface area contributed by atoms with Crippen molar-refractivity contribution < 1.29 is 23.9 Å². The first-order valence-electron chi connectivity index (χ1n) is 14.0. The van der Waals surface area contributed by atoms with Crippen molar-refractivity contribution >= 4 is 29.3 Å². The zero-order valence-corrected chi connectivity index (χ0v) is 24.6. The van der Waals surface area contributed by atoms with Gasteiger partial charge in [-0.05, 0) is 92.6 Å². The summed E-state index contributed by atoms with van der Waals surface area (Å²) in [5.41, 5.74) is 4.02. The number of carbonyl (C=O) groups is 3. The summed E-state index contributed by atoms with van der Waals surface area (Å²) >= 11 is 0. The Balaban J connectivity index is 1.40. The summed E-state index contributed by atoms with van der Waals surface area (Å²) in [7, 11) is 1.51. The van der Waals surface area contributed by atoms with Crippen LogP contribution in [0.4, 0.5) is 16.2 Å². The van der Waals surface area contributed by atoms with Crippen molar-refractivity contribution in [3.8, 4) is 16.9 Å². The number of hydrogen-bond acceptors (Lipinski definition) is 5. The first-order valence-corrected chi connectivity index (χ1v) is 14.0. The van der Waals surface area contributed by atoms with Gasteiger partial charge in [-0.2, -0.15) is 0 Å². The monoisotopic (exact) mass is 557 g/mol. The van der Waals surface area contributed by atoms with Crippen LogP contribution in [0.5, 0.6) is 5.75 Å². The number of benzene rings is 3. The Morgan fingerprint density at radius 1 is 0.878 bits per heavy atom. The van der Waals surface area contributed by atoms with E-state index in [-0.39, 0.29) is 11.9 Å². The summed E-state index contributed by atoms with van der Waals surface area (Å²) in [6, 6.07) is 19.7. The molecule has 0 radical (unpaired) electrons. The normalized spacial score (nSPS) is 15.0. The molecule has 3 aromatic carbocycles. The van der Waals surface area contributed by atoms with Gasteiger partial charge < -0.3 is 25.0 Å². The van der Waals surface area contributed by atoms with Crippen LogP contribution >= 0.6 is 0 Å². The molecule has 2 N–H and O–H groups in total. The fourth-order valence-corrected chi connectivity index (χ4v) is 4.77. The molecule has 4 rings (SSSR count). The number of anilines is 2. The van der Waals surface area contributed by atoms with Crippen molar-refractivity contribution in [1.82, 2.24) is 4.90 Å². The highest BCUT2D eigenvalue weighted by molar-refractivity contribution is 6.00. The predicted octanol–water partition coefficient (Wildman–Crippen LogP) is 7.08. The molecule has 0 aliphatic carbocycles. The standard InChI is InChI=1S/C33H39N3O5/c1-21(2)22-9-14-26(15-10-22)35-32(39)36-19-7-8-28(36)30(37)34-25-16-11-23(12-17-25)24-13-18-27(29(20-24)40-6)31(38)41-33(3,4)5/h9-18,20-21,28H,7-8,19H2,1-6H3,(H,34,37)(H,35,39)/t28-/m1/s1. The topological polar surface area (TPSA) is 97.0 Å². The lowest BCUT2D eigenvalue weighted by Crippen LogP contribution is -2.45. The molecule has 3 aromatic rings. The van der Waals surface area contributed by atoms with E-state index in [4.69, 9.17) is 9.47 Å². The van der Waals surface area contributed by atoms with Gasteiger partial charge in [-0.25, -0.2) is 9.59 Å². The van der Waals surface area contributed by atoms with Crippen LogP contribution in [0.3, 0.4) is 0 Å². The molecule has 8 nitrogen and oxygen atoms in total. The first kappa shape index (κ1) is 29.6. The maximum Gasteiger partial charge on any atom is 0.342 e. The SMILES string of the molecule is COc1cc(-c2ccc(NC(=O)[C@H]3CCCN3C(=O)Nc3ccc(C(C)C)cc3)cc2)ccc1C(=O)OC(C)(C)C. The Morgan fingerprint density at radius 2 is 1.49 bits per heavy atom. The van der Waals surface area contributed by atoms with E-state index in [0.717, 1.165) is 17.5 Å². The average molecular weight is 558 g/mol. The van der Waals surface area contributed by atoms with Crippen molar-refractivity contribution in [2.75, 3.05) is 24.3 Å². The highest BCUT2D eigenvalue weighted by Crippen LogP contribution is 2.30. The molecular weight excluding hydrogens is 518 g/mol. The number of nitrogens with one attached hydrogen (secondary N) is 2. The Kier molecular flexibility index (Phi) is 9.01. The number of rotatable bonds is 7. The lowest BCUT2D eigenvalue weighted by atomic mass is 10.0. The molecule has 8 heteroatoms. The molecule has 0 unspecified atom stereocenters. The molecule has 1 aliphatic heterocycles. The summed E-state index contributed by atoms with van der Waals surface area (Å²) in [5, 5.41) is 5.88. The summed E-state index contributed by atoms with van der Waals surface area (Å²) in [6.45, 7) is 10.2. The van der Waals surface area contributed by atoms with Crippen LogP contribution in [0, 0.1) is 0 Å². The van der Waals surface area contributed by atoms with Gasteiger partial charge in [0.05, 0.1) is 7.11 Å². The molecule has 1 atom stereocenters. The molecular formula is C33H39N3O5. The number of hydrogen-bond donors (Lipinski definition) is 2. The number of carbonyl (C=O) groups excluding carboxylic acids is 3. The van der Waals surface area contributed by atoms with Crippen molar-refractivity contribution in [3.05, 3.63) is 77.9 Å². The minimum atomic E-state index is -0.611. The van der Waals surface area contributed by atoms with E-state index in [1.165, 1.54) is 12.7 Å². The van der Waals surface area contributed by atoms with E-state index < -0.39 is 17.6 Å². The highest BCUT2D eigenvalue weighted by Gasteiger charge is 2.34. The van der Waals surface area contributed by atoms with Crippen LogP contribution in [0.25, 0.3) is 11.1 Å². The zero-order chi connectivity index (χ0) is 29.7. The quantitative estimate of drug-likeness (QED) is 0.303. The van der Waals surface area contributed by atoms with Gasteiger partial charge in [0.25, 0.3) is 0 Å². The first-order chi connectivity index (χ1) is 19.4. The van der Waals surface area contributed by atoms with Crippen LogP contribution in [-0.2, 0) is 9.53 Å². The number of likely N-dealkylation sites (tertiary alicyclic amines) is 1. The zero-order valence-electron chi connectivity index (χ0n) is 24.6. The van der Waals surface area contributed by atoms with E-state index in [1.54, 1.807) is 17.0 Å². The maximum absolute atomic E-state index is 13.1. The van der Waals surface area contributed by atoms with E-state index in [9.17, 15) is 14.4 Å². The number of nitrogens with zero attached hydrogens (tertiary/aromatic N) is 1. The van der Waals surface area contributed by atoms with Crippen LogP contribution in [0.15, 0.2) is 66.7 Å². The lowest BCUT2D eigenvalue weighted by Gasteiger charge is -2.24. The van der Waals surface area contributed by atoms with Crippen LogP contribution in [0.2, 0.25) is 0 Å². The Bertz CT molecular complexity index is 1390. The summed E-state index contributed by atoms with van der Waals surface area (Å²) in [6.07, 6.45) is 1.37. The second-order valence-electron chi connectivity index (χ2n) is 11.5. The molecule has 0 aromatic heterocycles. The molecule has 0 saturated carbocycles. The van der Waals surface area contributed by atoms with Gasteiger partial charge in [-0.1, -0.05) is 44.2 Å². The van der Waals surface area contributed by atoms with E-state index in [1.807, 2.05) is 75.4 Å². The Hall–Kier alpha value is -4.33. The Labute approximate surface area is 242 Å². The molecule has 1 fully saturated rings. The fraction of sp³-hybridized carbons (Fsp3) is 0.364. The third-order valence-corrected chi connectivity index (χ3v) is 6.95. The van der Waals surface area contributed by atoms with Gasteiger partial charge in [0.1, 0.15) is 23.0 Å². The second kappa shape index (κ2) is 12.5. The second-order valence-corrected chi connectivity index (χ2v) is 11.5. The van der Waals surface area contributed by atoms with Gasteiger partial charge in [0.15, 0.2) is 0 Å². The van der Waals surface area contributed by atoms with Crippen molar-refractivity contribution in [1.29, 1.82) is 0 Å². The summed E-state index contributed by atoms with van der Waals surface area (Å²) < 4.78 is 10.9. The molecule has 1 saturated heterocycles. The van der Waals surface area contributed by atoms with Gasteiger partial charge in [0.2, 0.25) is 5.91 Å². The molecule has 41 heavy (non-hydrogen) atoms. The third-order valence-electron chi connectivity index (χ3n) is 6.95. The third kappa shape index (κ3) is 7.45. The van der Waals surface area contributed by atoms with E-state index in [2.05, 4.69) is 24.5 Å². The lowest BCUT2D eigenvalue weighted by molar-refractivity contribution is -0.119. The smallest absolute Gasteiger partial charge is 0.342 e. The Morgan fingerprint density at radius 3 is 2.10 bits per heavy atom. The van der Waals surface area contributed by atoms with Crippen LogP contribution < -0.4 is 15.4 Å². The van der Waals surface area contributed by atoms with E-state index >= 15 is 0 Å². The largest absolute Gasteiger partial charge is 0.496 e. The predicted molar refractivity (Wildman–Crippen MR) is 162 cm³/mol. The number of methoxy groups -OCH3 is 1. The van der Waals surface area contributed by atoms with Gasteiger partial charge in [0, 0.05) is 17.9 Å². The number of amides is 3. The molecule has 0 spiro atoms. The van der Waals surface area contributed by atoms with Gasteiger partial charge >= 0.3 is 12.0 Å².